The molecular formula is C27H29ClFN3O7S. The molecule has 0 saturated heterocycles. The summed E-state index contributed by atoms with van der Waals surface area (Å²) in [6.45, 7) is -0.0565. The molecule has 2 amide bonds. The molecule has 10 nitrogen and oxygen atoms in total. The Morgan fingerprint density at radius 3 is 2.25 bits per heavy atom. The van der Waals surface area contributed by atoms with Crippen molar-refractivity contribution in [3.05, 3.63) is 88.7 Å². The van der Waals surface area contributed by atoms with Crippen molar-refractivity contribution in [2.24, 2.45) is 0 Å². The van der Waals surface area contributed by atoms with Gasteiger partial charge in [0.25, 0.3) is 5.91 Å². The van der Waals surface area contributed by atoms with Gasteiger partial charge in [0.2, 0.25) is 15.9 Å². The van der Waals surface area contributed by atoms with Crippen molar-refractivity contribution < 1.29 is 37.3 Å². The lowest BCUT2D eigenvalue weighted by atomic mass is 10.0. The molecule has 0 heterocycles. The number of aliphatic hydroxyl groups is 2. The molecule has 0 bridgehead atoms. The van der Waals surface area contributed by atoms with Crippen molar-refractivity contribution in [1.29, 1.82) is 0 Å². The maximum Gasteiger partial charge on any atom is 0.251 e. The third-order valence-corrected chi connectivity index (χ3v) is 7.86. The van der Waals surface area contributed by atoms with Crippen LogP contribution < -0.4 is 20.1 Å². The van der Waals surface area contributed by atoms with E-state index in [9.17, 15) is 32.6 Å². The van der Waals surface area contributed by atoms with Crippen molar-refractivity contribution in [2.75, 3.05) is 25.6 Å². The van der Waals surface area contributed by atoms with Crippen LogP contribution in [-0.2, 0) is 21.2 Å². The number of aliphatic hydroxyl groups excluding tert-OH is 2. The fourth-order valence-electron chi connectivity index (χ4n) is 3.62. The molecule has 0 aliphatic rings. The first kappa shape index (κ1) is 31.0. The highest BCUT2D eigenvalue weighted by Crippen LogP contribution is 2.34. The van der Waals surface area contributed by atoms with Gasteiger partial charge < -0.3 is 25.6 Å². The van der Waals surface area contributed by atoms with Gasteiger partial charge in [-0.15, -0.1) is 0 Å². The van der Waals surface area contributed by atoms with Crippen molar-refractivity contribution in [1.82, 2.24) is 10.0 Å². The van der Waals surface area contributed by atoms with Gasteiger partial charge in [-0.3, -0.25) is 9.59 Å². The third-order valence-electron chi connectivity index (χ3n) is 5.89. The molecule has 40 heavy (non-hydrogen) atoms. The van der Waals surface area contributed by atoms with E-state index in [1.165, 1.54) is 32.2 Å². The normalized spacial score (nSPS) is 12.4. The predicted octanol–water partition coefficient (Wildman–Crippen LogP) is 2.49. The molecule has 0 aliphatic carbocycles. The number of benzene rings is 3. The Labute approximate surface area is 236 Å². The van der Waals surface area contributed by atoms with Crippen LogP contribution in [0.5, 0.6) is 5.75 Å². The van der Waals surface area contributed by atoms with Gasteiger partial charge >= 0.3 is 0 Å². The number of carbonyl (C=O) groups excluding carboxylic acids is 2. The summed E-state index contributed by atoms with van der Waals surface area (Å²) in [7, 11) is -3.12. The largest absolute Gasteiger partial charge is 0.495 e. The highest BCUT2D eigenvalue weighted by molar-refractivity contribution is 7.89. The summed E-state index contributed by atoms with van der Waals surface area (Å²) >= 11 is 6.34. The first-order valence-corrected chi connectivity index (χ1v) is 13.8. The summed E-state index contributed by atoms with van der Waals surface area (Å²) < 4.78 is 46.7. The summed E-state index contributed by atoms with van der Waals surface area (Å²) in [6.07, 6.45) is 0.103. The lowest BCUT2D eigenvalue weighted by Gasteiger charge is -2.26. The van der Waals surface area contributed by atoms with Gasteiger partial charge in [0.05, 0.1) is 36.6 Å². The maximum atomic E-state index is 13.4. The number of rotatable bonds is 12. The number of hydrogen-bond donors (Lipinski definition) is 5. The van der Waals surface area contributed by atoms with E-state index in [1.807, 2.05) is 0 Å². The molecule has 214 valence electrons. The number of hydrogen-bond acceptors (Lipinski definition) is 7. The monoisotopic (exact) mass is 593 g/mol. The van der Waals surface area contributed by atoms with E-state index in [4.69, 9.17) is 16.3 Å². The molecule has 0 spiro atoms. The van der Waals surface area contributed by atoms with E-state index >= 15 is 0 Å². The van der Waals surface area contributed by atoms with Crippen molar-refractivity contribution in [3.63, 3.8) is 0 Å². The quantitative estimate of drug-likeness (QED) is 0.216. The Bertz CT molecular complexity index is 1450. The lowest BCUT2D eigenvalue weighted by Crippen LogP contribution is -2.51. The number of sulfonamides is 1. The van der Waals surface area contributed by atoms with Gasteiger partial charge in [0.15, 0.2) is 0 Å². The first-order valence-electron chi connectivity index (χ1n) is 12.0. The Hall–Kier alpha value is -3.55. The number of halogens is 2. The molecule has 1 atom stereocenters. The molecule has 0 saturated carbocycles. The third kappa shape index (κ3) is 7.77. The first-order chi connectivity index (χ1) is 18.9. The number of ether oxygens (including phenoxy) is 1. The molecule has 13 heteroatoms. The molecule has 5 N–H and O–H groups in total. The fourth-order valence-corrected chi connectivity index (χ4v) is 5.46. The number of methoxy groups -OCH3 is 1. The molecule has 3 aromatic carbocycles. The van der Waals surface area contributed by atoms with E-state index in [0.717, 1.165) is 23.8 Å². The minimum atomic E-state index is -4.34. The molecule has 3 rings (SSSR count). The van der Waals surface area contributed by atoms with E-state index in [-0.39, 0.29) is 28.4 Å². The predicted molar refractivity (Wildman–Crippen MR) is 147 cm³/mol. The van der Waals surface area contributed by atoms with Crippen molar-refractivity contribution >= 4 is 39.1 Å². The number of amides is 2. The van der Waals surface area contributed by atoms with Gasteiger partial charge in [-0.25, -0.2) is 17.5 Å². The zero-order valence-corrected chi connectivity index (χ0v) is 23.2. The zero-order chi connectivity index (χ0) is 29.5. The van der Waals surface area contributed by atoms with Crippen molar-refractivity contribution in [2.45, 2.75) is 29.8 Å². The smallest absolute Gasteiger partial charge is 0.251 e. The summed E-state index contributed by atoms with van der Waals surface area (Å²) in [5, 5.41) is 24.1. The average molecular weight is 594 g/mol. The topological polar surface area (TPSA) is 154 Å². The van der Waals surface area contributed by atoms with Crippen LogP contribution in [0.25, 0.3) is 0 Å². The summed E-state index contributed by atoms with van der Waals surface area (Å²) in [6, 6.07) is 14.9. The molecule has 0 fully saturated rings. The van der Waals surface area contributed by atoms with Gasteiger partial charge in [0, 0.05) is 18.1 Å². The molecule has 0 unspecified atom stereocenters. The number of nitrogens with one attached hydrogen (secondary N) is 3. The van der Waals surface area contributed by atoms with Crippen LogP contribution in [0, 0.1) is 5.82 Å². The number of anilines is 1. The summed E-state index contributed by atoms with van der Waals surface area (Å²) in [4.78, 5) is 25.8. The SMILES string of the molecule is COc1cc(NC(=O)[C@H](Cc2ccccc2)NC(=O)c2ccc(F)cc2)c(Cl)cc1S(=O)(=O)NC(C)(CO)CO. The Morgan fingerprint density at radius 1 is 1.05 bits per heavy atom. The van der Waals surface area contributed by atoms with E-state index in [0.29, 0.717) is 0 Å². The Balaban J connectivity index is 1.90. The van der Waals surface area contributed by atoms with E-state index in [2.05, 4.69) is 15.4 Å². The highest BCUT2D eigenvalue weighted by Gasteiger charge is 2.32. The standard InChI is InChI=1S/C27H29ClFN3O7S/c1-27(15-33,16-34)32-40(37,38)24-13-20(28)21(14-23(24)39-2)30-26(36)22(12-17-6-4-3-5-7-17)31-25(35)18-8-10-19(29)11-9-18/h3-11,13-14,22,32-34H,12,15-16H2,1-2H3,(H,30,36)(H,31,35)/t22-/m0/s1. The Kier molecular flexibility index (Phi) is 10.2. The summed E-state index contributed by atoms with van der Waals surface area (Å²) in [5.41, 5.74) is -0.666. The van der Waals surface area contributed by atoms with Crippen LogP contribution in [0.1, 0.15) is 22.8 Å². The van der Waals surface area contributed by atoms with Crippen LogP contribution >= 0.6 is 11.6 Å². The zero-order valence-electron chi connectivity index (χ0n) is 21.6. The molecule has 0 aliphatic heterocycles. The molecule has 0 aromatic heterocycles. The van der Waals surface area contributed by atoms with Crippen LogP contribution in [0.2, 0.25) is 5.02 Å². The number of carbonyl (C=O) groups is 2. The van der Waals surface area contributed by atoms with Crippen LogP contribution in [0.3, 0.4) is 0 Å². The van der Waals surface area contributed by atoms with Crippen LogP contribution in [0.4, 0.5) is 10.1 Å². The maximum absolute atomic E-state index is 13.4. The Morgan fingerprint density at radius 2 is 1.68 bits per heavy atom. The minimum absolute atomic E-state index is 0.00337. The van der Waals surface area contributed by atoms with Crippen LogP contribution in [-0.4, -0.2) is 62.3 Å². The second-order valence-electron chi connectivity index (χ2n) is 9.18. The highest BCUT2D eigenvalue weighted by atomic mass is 35.5. The molecular weight excluding hydrogens is 565 g/mol. The fraction of sp³-hybridized carbons (Fsp3) is 0.259. The van der Waals surface area contributed by atoms with Crippen molar-refractivity contribution in [3.8, 4) is 5.75 Å². The lowest BCUT2D eigenvalue weighted by molar-refractivity contribution is -0.118. The van der Waals surface area contributed by atoms with E-state index in [1.54, 1.807) is 30.3 Å². The molecule has 3 aromatic rings. The van der Waals surface area contributed by atoms with Gasteiger partial charge in [-0.2, -0.15) is 0 Å². The van der Waals surface area contributed by atoms with E-state index < -0.39 is 57.3 Å². The minimum Gasteiger partial charge on any atom is -0.495 e. The summed E-state index contributed by atoms with van der Waals surface area (Å²) in [5.74, 6) is -1.97. The van der Waals surface area contributed by atoms with Crippen LogP contribution in [0.15, 0.2) is 71.6 Å². The van der Waals surface area contributed by atoms with Gasteiger partial charge in [-0.05, 0) is 42.8 Å². The van der Waals surface area contributed by atoms with Gasteiger partial charge in [-0.1, -0.05) is 41.9 Å². The second kappa shape index (κ2) is 13.2. The average Bonchev–Trinajstić information content (AvgIpc) is 2.94. The van der Waals surface area contributed by atoms with Gasteiger partial charge in [0.1, 0.15) is 22.5 Å². The second-order valence-corrected chi connectivity index (χ2v) is 11.2. The molecule has 0 radical (unpaired) electrons.